The molecule has 136 valence electrons. The van der Waals surface area contributed by atoms with Crippen molar-refractivity contribution in [2.45, 2.75) is 0 Å². The number of amides is 1. The van der Waals surface area contributed by atoms with Gasteiger partial charge in [0, 0.05) is 11.3 Å². The van der Waals surface area contributed by atoms with E-state index in [0.717, 1.165) is 5.69 Å². The predicted octanol–water partition coefficient (Wildman–Crippen LogP) is 5.37. The van der Waals surface area contributed by atoms with Crippen LogP contribution in [0.2, 0.25) is 0 Å². The van der Waals surface area contributed by atoms with Crippen LogP contribution in [0.15, 0.2) is 83.0 Å². The van der Waals surface area contributed by atoms with Crippen LogP contribution in [0.3, 0.4) is 0 Å². The standard InChI is InChI=1S/C21H19N3O3/c1-26-19-13-8-15(14-20(19)27-2)21(25)22-16-9-11-18(12-10-16)24-23-17-6-4-3-5-7-17/h3-14H,1-2H3,(H,22,25). The minimum absolute atomic E-state index is 0.241. The molecule has 3 aromatic rings. The van der Waals surface area contributed by atoms with Crippen LogP contribution >= 0.6 is 0 Å². The number of ether oxygens (including phenoxy) is 2. The number of methoxy groups -OCH3 is 2. The number of azo groups is 1. The third-order valence-electron chi connectivity index (χ3n) is 3.81. The zero-order chi connectivity index (χ0) is 19.1. The third kappa shape index (κ3) is 4.70. The number of carbonyl (C=O) groups is 1. The van der Waals surface area contributed by atoms with E-state index < -0.39 is 0 Å². The average molecular weight is 361 g/mol. The molecule has 0 saturated carbocycles. The maximum atomic E-state index is 12.4. The normalized spacial score (nSPS) is 10.6. The molecule has 27 heavy (non-hydrogen) atoms. The zero-order valence-corrected chi connectivity index (χ0v) is 15.0. The van der Waals surface area contributed by atoms with Gasteiger partial charge < -0.3 is 14.8 Å². The molecule has 0 unspecified atom stereocenters. The first-order chi connectivity index (χ1) is 13.2. The Kier molecular flexibility index (Phi) is 5.79. The van der Waals surface area contributed by atoms with E-state index in [0.29, 0.717) is 28.4 Å². The van der Waals surface area contributed by atoms with Gasteiger partial charge in [-0.15, -0.1) is 0 Å². The van der Waals surface area contributed by atoms with Crippen molar-refractivity contribution in [1.82, 2.24) is 0 Å². The molecule has 6 heteroatoms. The van der Waals surface area contributed by atoms with Crippen LogP contribution < -0.4 is 14.8 Å². The summed E-state index contributed by atoms with van der Waals surface area (Å²) >= 11 is 0. The Morgan fingerprint density at radius 1 is 0.778 bits per heavy atom. The Labute approximate surface area is 157 Å². The second-order valence-electron chi connectivity index (χ2n) is 5.61. The molecule has 6 nitrogen and oxygen atoms in total. The largest absolute Gasteiger partial charge is 0.493 e. The monoisotopic (exact) mass is 361 g/mol. The molecule has 0 aliphatic carbocycles. The van der Waals surface area contributed by atoms with E-state index >= 15 is 0 Å². The Balaban J connectivity index is 1.67. The van der Waals surface area contributed by atoms with Crippen molar-refractivity contribution in [2.24, 2.45) is 10.2 Å². The lowest BCUT2D eigenvalue weighted by Crippen LogP contribution is -2.12. The molecule has 1 N–H and O–H groups in total. The zero-order valence-electron chi connectivity index (χ0n) is 15.0. The molecule has 0 atom stereocenters. The summed E-state index contributed by atoms with van der Waals surface area (Å²) in [5, 5.41) is 11.2. The lowest BCUT2D eigenvalue weighted by Gasteiger charge is -2.10. The van der Waals surface area contributed by atoms with E-state index in [1.165, 1.54) is 7.11 Å². The second kappa shape index (κ2) is 8.62. The number of hydrogen-bond acceptors (Lipinski definition) is 5. The fourth-order valence-corrected chi connectivity index (χ4v) is 2.40. The number of rotatable bonds is 6. The van der Waals surface area contributed by atoms with Gasteiger partial charge in [-0.1, -0.05) is 18.2 Å². The lowest BCUT2D eigenvalue weighted by atomic mass is 10.2. The van der Waals surface area contributed by atoms with Crippen molar-refractivity contribution in [3.8, 4) is 11.5 Å². The number of nitrogens with zero attached hydrogens (tertiary/aromatic N) is 2. The predicted molar refractivity (Wildman–Crippen MR) is 105 cm³/mol. The summed E-state index contributed by atoms with van der Waals surface area (Å²) in [4.78, 5) is 12.4. The Bertz CT molecular complexity index is 939. The highest BCUT2D eigenvalue weighted by Gasteiger charge is 2.11. The third-order valence-corrected chi connectivity index (χ3v) is 3.81. The molecule has 0 heterocycles. The van der Waals surface area contributed by atoms with Crippen LogP contribution in [-0.4, -0.2) is 20.1 Å². The first-order valence-corrected chi connectivity index (χ1v) is 8.30. The number of nitrogens with one attached hydrogen (secondary N) is 1. The summed E-state index contributed by atoms with van der Waals surface area (Å²) in [7, 11) is 3.08. The topological polar surface area (TPSA) is 72.3 Å². The van der Waals surface area contributed by atoms with Gasteiger partial charge in [-0.3, -0.25) is 4.79 Å². The molecule has 0 aliphatic heterocycles. The number of benzene rings is 3. The van der Waals surface area contributed by atoms with Gasteiger partial charge in [0.2, 0.25) is 0 Å². The average Bonchev–Trinajstić information content (AvgIpc) is 2.73. The summed E-state index contributed by atoms with van der Waals surface area (Å²) < 4.78 is 10.4. The fourth-order valence-electron chi connectivity index (χ4n) is 2.40. The highest BCUT2D eigenvalue weighted by molar-refractivity contribution is 6.04. The van der Waals surface area contributed by atoms with Gasteiger partial charge in [0.1, 0.15) is 0 Å². The van der Waals surface area contributed by atoms with Crippen molar-refractivity contribution in [1.29, 1.82) is 0 Å². The van der Waals surface area contributed by atoms with Gasteiger partial charge in [0.15, 0.2) is 11.5 Å². The Morgan fingerprint density at radius 3 is 2.04 bits per heavy atom. The van der Waals surface area contributed by atoms with Crippen molar-refractivity contribution >= 4 is 23.0 Å². The molecule has 1 amide bonds. The number of hydrogen-bond donors (Lipinski definition) is 1. The van der Waals surface area contributed by atoms with E-state index in [1.54, 1.807) is 49.6 Å². The molecule has 0 aromatic heterocycles. The van der Waals surface area contributed by atoms with Gasteiger partial charge in [-0.2, -0.15) is 10.2 Å². The minimum atomic E-state index is -0.241. The van der Waals surface area contributed by atoms with Crippen molar-refractivity contribution in [2.75, 3.05) is 19.5 Å². The summed E-state index contributed by atoms with van der Waals surface area (Å²) in [5.74, 6) is 0.832. The Hall–Kier alpha value is -3.67. The molecule has 0 bridgehead atoms. The van der Waals surface area contributed by atoms with Crippen LogP contribution in [-0.2, 0) is 0 Å². The maximum absolute atomic E-state index is 12.4. The molecule has 3 aromatic carbocycles. The second-order valence-corrected chi connectivity index (χ2v) is 5.61. The van der Waals surface area contributed by atoms with E-state index in [1.807, 2.05) is 30.3 Å². The molecule has 0 saturated heterocycles. The molecule has 0 fully saturated rings. The Morgan fingerprint density at radius 2 is 1.41 bits per heavy atom. The lowest BCUT2D eigenvalue weighted by molar-refractivity contribution is 0.102. The van der Waals surface area contributed by atoms with E-state index in [9.17, 15) is 4.79 Å². The summed E-state index contributed by atoms with van der Waals surface area (Å²) in [5.41, 5.74) is 2.61. The molecule has 3 rings (SSSR count). The van der Waals surface area contributed by atoms with Crippen LogP contribution in [0.5, 0.6) is 11.5 Å². The highest BCUT2D eigenvalue weighted by Crippen LogP contribution is 2.28. The molecule has 0 aliphatic rings. The van der Waals surface area contributed by atoms with Crippen LogP contribution in [0, 0.1) is 0 Å². The number of anilines is 1. The van der Waals surface area contributed by atoms with E-state index in [-0.39, 0.29) is 5.91 Å². The SMILES string of the molecule is COc1ccc(C(=O)Nc2ccc(N=Nc3ccccc3)cc2)cc1OC. The summed E-state index contributed by atoms with van der Waals surface area (Å²) in [6, 6.07) is 21.6. The van der Waals surface area contributed by atoms with Crippen molar-refractivity contribution in [3.63, 3.8) is 0 Å². The smallest absolute Gasteiger partial charge is 0.255 e. The maximum Gasteiger partial charge on any atom is 0.255 e. The van der Waals surface area contributed by atoms with Gasteiger partial charge in [0.05, 0.1) is 25.6 Å². The van der Waals surface area contributed by atoms with Crippen LogP contribution in [0.1, 0.15) is 10.4 Å². The quantitative estimate of drug-likeness (QED) is 0.600. The van der Waals surface area contributed by atoms with Crippen molar-refractivity contribution < 1.29 is 14.3 Å². The van der Waals surface area contributed by atoms with E-state index in [4.69, 9.17) is 9.47 Å². The summed E-state index contributed by atoms with van der Waals surface area (Å²) in [6.45, 7) is 0. The molecular weight excluding hydrogens is 342 g/mol. The highest BCUT2D eigenvalue weighted by atomic mass is 16.5. The van der Waals surface area contributed by atoms with Gasteiger partial charge >= 0.3 is 0 Å². The van der Waals surface area contributed by atoms with Crippen molar-refractivity contribution in [3.05, 3.63) is 78.4 Å². The fraction of sp³-hybridized carbons (Fsp3) is 0.0952. The first kappa shape index (κ1) is 18.1. The van der Waals surface area contributed by atoms with Gasteiger partial charge in [-0.05, 0) is 54.6 Å². The number of carbonyl (C=O) groups excluding carboxylic acids is 1. The minimum Gasteiger partial charge on any atom is -0.493 e. The van der Waals surface area contributed by atoms with E-state index in [2.05, 4.69) is 15.5 Å². The van der Waals surface area contributed by atoms with Crippen LogP contribution in [0.25, 0.3) is 0 Å². The molecule has 0 spiro atoms. The summed E-state index contributed by atoms with van der Waals surface area (Å²) in [6.07, 6.45) is 0. The van der Waals surface area contributed by atoms with Gasteiger partial charge in [0.25, 0.3) is 5.91 Å². The first-order valence-electron chi connectivity index (χ1n) is 8.30. The van der Waals surface area contributed by atoms with Gasteiger partial charge in [-0.25, -0.2) is 0 Å². The molecule has 0 radical (unpaired) electrons. The van der Waals surface area contributed by atoms with Crippen LogP contribution in [0.4, 0.5) is 17.1 Å². The molecular formula is C21H19N3O3.